The summed E-state index contributed by atoms with van der Waals surface area (Å²) < 4.78 is 0. The van der Waals surface area contributed by atoms with Gasteiger partial charge in [0.2, 0.25) is 0 Å². The van der Waals surface area contributed by atoms with Gasteiger partial charge in [-0.05, 0) is 63.7 Å². The maximum atomic E-state index is 5.12. The van der Waals surface area contributed by atoms with Crippen molar-refractivity contribution in [3.8, 4) is 0 Å². The van der Waals surface area contributed by atoms with Crippen LogP contribution in [0.4, 0.5) is 0 Å². The summed E-state index contributed by atoms with van der Waals surface area (Å²) in [5.41, 5.74) is 4.49. The van der Waals surface area contributed by atoms with E-state index in [1.807, 2.05) is 0 Å². The second-order valence-corrected chi connectivity index (χ2v) is 5.35. The van der Waals surface area contributed by atoms with Crippen molar-refractivity contribution in [1.82, 2.24) is 10.6 Å². The van der Waals surface area contributed by atoms with E-state index in [0.29, 0.717) is 0 Å². The smallest absolute Gasteiger partial charge is 0.170 e. The van der Waals surface area contributed by atoms with Crippen LogP contribution in [0.15, 0.2) is 22.9 Å². The van der Waals surface area contributed by atoms with Crippen molar-refractivity contribution in [3.63, 3.8) is 0 Å². The summed E-state index contributed by atoms with van der Waals surface area (Å²) in [5.74, 6) is 0.795. The first-order valence-corrected chi connectivity index (χ1v) is 6.45. The zero-order valence-electron chi connectivity index (χ0n) is 10.1. The molecule has 2 rings (SSSR count). The van der Waals surface area contributed by atoms with Crippen molar-refractivity contribution in [2.24, 2.45) is 5.92 Å². The Morgan fingerprint density at radius 2 is 2.19 bits per heavy atom. The molecular formula is C13H20N2S. The third kappa shape index (κ3) is 2.85. The fourth-order valence-electron chi connectivity index (χ4n) is 2.47. The maximum Gasteiger partial charge on any atom is 0.170 e. The van der Waals surface area contributed by atoms with Gasteiger partial charge >= 0.3 is 0 Å². The number of thiocarbonyl (C=S) groups is 1. The molecule has 1 heterocycles. The molecular weight excluding hydrogens is 216 g/mol. The third-order valence-corrected chi connectivity index (χ3v) is 3.89. The average molecular weight is 236 g/mol. The first-order valence-electron chi connectivity index (χ1n) is 6.04. The van der Waals surface area contributed by atoms with Gasteiger partial charge in [0.05, 0.1) is 0 Å². The van der Waals surface area contributed by atoms with E-state index in [-0.39, 0.29) is 0 Å². The number of nitrogens with one attached hydrogen (secondary N) is 2. The molecule has 3 heteroatoms. The van der Waals surface area contributed by atoms with E-state index in [2.05, 4.69) is 30.6 Å². The highest BCUT2D eigenvalue weighted by Crippen LogP contribution is 2.32. The Kier molecular flexibility index (Phi) is 3.64. The van der Waals surface area contributed by atoms with Crippen LogP contribution in [0, 0.1) is 5.92 Å². The van der Waals surface area contributed by atoms with Gasteiger partial charge in [0.1, 0.15) is 0 Å². The van der Waals surface area contributed by atoms with Crippen molar-refractivity contribution in [2.45, 2.75) is 39.5 Å². The highest BCUT2D eigenvalue weighted by molar-refractivity contribution is 7.80. The molecule has 0 saturated carbocycles. The SMILES string of the molecule is CC1=C(C)CC(CC2=CCNC(=S)N2)CC1. The van der Waals surface area contributed by atoms with Crippen LogP contribution in [-0.2, 0) is 0 Å². The van der Waals surface area contributed by atoms with Gasteiger partial charge in [-0.15, -0.1) is 0 Å². The van der Waals surface area contributed by atoms with Gasteiger partial charge in [-0.3, -0.25) is 0 Å². The fourth-order valence-corrected chi connectivity index (χ4v) is 2.69. The molecule has 2 aliphatic rings. The minimum atomic E-state index is 0.775. The van der Waals surface area contributed by atoms with Crippen LogP contribution in [-0.4, -0.2) is 11.7 Å². The monoisotopic (exact) mass is 236 g/mol. The van der Waals surface area contributed by atoms with Crippen molar-refractivity contribution in [3.05, 3.63) is 22.9 Å². The normalized spacial score (nSPS) is 26.0. The molecule has 0 amide bonds. The summed E-state index contributed by atoms with van der Waals surface area (Å²) in [6.45, 7) is 5.42. The molecule has 1 atom stereocenters. The van der Waals surface area contributed by atoms with Crippen LogP contribution in [0.5, 0.6) is 0 Å². The van der Waals surface area contributed by atoms with Crippen LogP contribution in [0.1, 0.15) is 39.5 Å². The van der Waals surface area contributed by atoms with E-state index in [1.165, 1.54) is 25.0 Å². The second kappa shape index (κ2) is 5.00. The molecule has 88 valence electrons. The van der Waals surface area contributed by atoms with E-state index in [9.17, 15) is 0 Å². The van der Waals surface area contributed by atoms with E-state index >= 15 is 0 Å². The molecule has 1 aliphatic carbocycles. The number of hydrogen-bond donors (Lipinski definition) is 2. The van der Waals surface area contributed by atoms with E-state index < -0.39 is 0 Å². The molecule has 0 saturated heterocycles. The lowest BCUT2D eigenvalue weighted by molar-refractivity contribution is 0.444. The molecule has 2 N–H and O–H groups in total. The maximum absolute atomic E-state index is 5.12. The topological polar surface area (TPSA) is 24.1 Å². The molecule has 0 radical (unpaired) electrons. The molecule has 16 heavy (non-hydrogen) atoms. The largest absolute Gasteiger partial charge is 0.359 e. The lowest BCUT2D eigenvalue weighted by Gasteiger charge is -2.27. The van der Waals surface area contributed by atoms with Gasteiger partial charge in [-0.2, -0.15) is 0 Å². The van der Waals surface area contributed by atoms with Crippen molar-refractivity contribution in [2.75, 3.05) is 6.54 Å². The van der Waals surface area contributed by atoms with Gasteiger partial charge in [0.25, 0.3) is 0 Å². The third-order valence-electron chi connectivity index (χ3n) is 3.64. The molecule has 0 aromatic carbocycles. The summed E-state index contributed by atoms with van der Waals surface area (Å²) in [4.78, 5) is 0. The predicted molar refractivity (Wildman–Crippen MR) is 72.2 cm³/mol. The highest BCUT2D eigenvalue weighted by Gasteiger charge is 2.19. The number of allylic oxidation sites excluding steroid dienone is 3. The van der Waals surface area contributed by atoms with E-state index in [0.717, 1.165) is 24.0 Å². The minimum Gasteiger partial charge on any atom is -0.359 e. The van der Waals surface area contributed by atoms with Gasteiger partial charge in [0.15, 0.2) is 5.11 Å². The van der Waals surface area contributed by atoms with E-state index in [4.69, 9.17) is 12.2 Å². The lowest BCUT2D eigenvalue weighted by atomic mass is 9.82. The first-order chi connectivity index (χ1) is 7.65. The Bertz CT molecular complexity index is 355. The molecule has 1 unspecified atom stereocenters. The Hall–Kier alpha value is -0.830. The second-order valence-electron chi connectivity index (χ2n) is 4.94. The molecule has 2 nitrogen and oxygen atoms in total. The van der Waals surface area contributed by atoms with Crippen LogP contribution < -0.4 is 10.6 Å². The van der Waals surface area contributed by atoms with Crippen molar-refractivity contribution >= 4 is 17.3 Å². The molecule has 0 aromatic rings. The van der Waals surface area contributed by atoms with Crippen LogP contribution >= 0.6 is 12.2 Å². The Morgan fingerprint density at radius 3 is 2.88 bits per heavy atom. The quantitative estimate of drug-likeness (QED) is 0.569. The first kappa shape index (κ1) is 11.6. The number of rotatable bonds is 2. The molecule has 0 fully saturated rings. The molecule has 0 spiro atoms. The minimum absolute atomic E-state index is 0.775. The van der Waals surface area contributed by atoms with Gasteiger partial charge in [0, 0.05) is 12.2 Å². The summed E-state index contributed by atoms with van der Waals surface area (Å²) in [6, 6.07) is 0. The molecule has 0 bridgehead atoms. The van der Waals surface area contributed by atoms with Gasteiger partial charge in [-0.25, -0.2) is 0 Å². The Labute approximate surface area is 103 Å². The highest BCUT2D eigenvalue weighted by atomic mass is 32.1. The summed E-state index contributed by atoms with van der Waals surface area (Å²) >= 11 is 5.12. The number of hydrogen-bond acceptors (Lipinski definition) is 1. The van der Waals surface area contributed by atoms with Gasteiger partial charge in [-0.1, -0.05) is 11.1 Å². The summed E-state index contributed by atoms with van der Waals surface area (Å²) in [6.07, 6.45) is 7.21. The van der Waals surface area contributed by atoms with Gasteiger partial charge < -0.3 is 10.6 Å². The zero-order chi connectivity index (χ0) is 11.5. The Morgan fingerprint density at radius 1 is 1.38 bits per heavy atom. The van der Waals surface area contributed by atoms with Crippen LogP contribution in [0.2, 0.25) is 0 Å². The van der Waals surface area contributed by atoms with Crippen LogP contribution in [0.25, 0.3) is 0 Å². The van der Waals surface area contributed by atoms with E-state index in [1.54, 1.807) is 11.1 Å². The summed E-state index contributed by atoms with van der Waals surface area (Å²) in [5, 5.41) is 7.13. The summed E-state index contributed by atoms with van der Waals surface area (Å²) in [7, 11) is 0. The predicted octanol–water partition coefficient (Wildman–Crippen LogP) is 2.87. The molecule has 0 aromatic heterocycles. The fraction of sp³-hybridized carbons (Fsp3) is 0.615. The van der Waals surface area contributed by atoms with Crippen molar-refractivity contribution in [1.29, 1.82) is 0 Å². The Balaban J connectivity index is 1.92. The average Bonchev–Trinajstić information content (AvgIpc) is 2.24. The van der Waals surface area contributed by atoms with Crippen molar-refractivity contribution < 1.29 is 0 Å². The zero-order valence-corrected chi connectivity index (χ0v) is 10.9. The lowest BCUT2D eigenvalue weighted by Crippen LogP contribution is -2.39. The van der Waals surface area contributed by atoms with Crippen LogP contribution in [0.3, 0.4) is 0 Å². The molecule has 1 aliphatic heterocycles. The standard InChI is InChI=1S/C13H20N2S/c1-9-3-4-11(7-10(9)2)8-12-5-6-14-13(16)15-12/h5,11H,3-4,6-8H2,1-2H3,(H2,14,15,16).